The Hall–Kier alpha value is -1.05. The first kappa shape index (κ1) is 16.0. The number of allylic oxidation sites excluding steroid dienone is 2. The number of carbonyl (C=O) groups excluding carboxylic acids is 1. The Morgan fingerprint density at radius 3 is 2.37 bits per heavy atom. The molecule has 0 spiro atoms. The Labute approximate surface area is 117 Å². The van der Waals surface area contributed by atoms with Gasteiger partial charge in [-0.1, -0.05) is 17.7 Å². The smallest absolute Gasteiger partial charge is 0.302 e. The molecule has 108 valence electrons. The lowest BCUT2D eigenvalue weighted by Gasteiger charge is -2.51. The van der Waals surface area contributed by atoms with Crippen molar-refractivity contribution in [3.05, 3.63) is 24.3 Å². The summed E-state index contributed by atoms with van der Waals surface area (Å²) in [4.78, 5) is 10.9. The quantitative estimate of drug-likeness (QED) is 0.471. The van der Waals surface area contributed by atoms with Crippen LogP contribution in [0.15, 0.2) is 24.3 Å². The molecule has 2 atom stereocenters. The zero-order valence-electron chi connectivity index (χ0n) is 12.8. The Bertz CT molecular complexity index is 334. The normalized spacial score (nSPS) is 25.5. The van der Waals surface area contributed by atoms with Crippen LogP contribution in [0.3, 0.4) is 0 Å². The van der Waals surface area contributed by atoms with E-state index in [0.29, 0.717) is 17.9 Å². The van der Waals surface area contributed by atoms with Crippen LogP contribution in [0.5, 0.6) is 0 Å². The Balaban J connectivity index is 2.55. The van der Waals surface area contributed by atoms with Gasteiger partial charge >= 0.3 is 5.97 Å². The topological polar surface area (TPSA) is 26.3 Å². The summed E-state index contributed by atoms with van der Waals surface area (Å²) in [6.07, 6.45) is 6.92. The first-order valence-electron chi connectivity index (χ1n) is 7.30. The Morgan fingerprint density at radius 2 is 1.95 bits per heavy atom. The van der Waals surface area contributed by atoms with Gasteiger partial charge in [0.1, 0.15) is 0 Å². The third-order valence-corrected chi connectivity index (χ3v) is 4.45. The predicted molar refractivity (Wildman–Crippen MR) is 79.9 cm³/mol. The van der Waals surface area contributed by atoms with Crippen LogP contribution in [0.2, 0.25) is 0 Å². The maximum atomic E-state index is 10.9. The zero-order valence-corrected chi connectivity index (χ0v) is 12.8. The molecule has 0 bridgehead atoms. The van der Waals surface area contributed by atoms with Gasteiger partial charge in [0.15, 0.2) is 0 Å². The van der Waals surface area contributed by atoms with Gasteiger partial charge in [-0.2, -0.15) is 0 Å². The van der Waals surface area contributed by atoms with Crippen molar-refractivity contribution in [3.8, 4) is 0 Å². The summed E-state index contributed by atoms with van der Waals surface area (Å²) in [6, 6.07) is 0. The molecule has 1 aliphatic carbocycles. The Morgan fingerprint density at radius 1 is 1.26 bits per heavy atom. The van der Waals surface area contributed by atoms with Gasteiger partial charge in [-0.25, -0.2) is 0 Å². The first-order chi connectivity index (χ1) is 8.87. The van der Waals surface area contributed by atoms with Crippen molar-refractivity contribution in [3.63, 3.8) is 0 Å². The highest BCUT2D eigenvalue weighted by Crippen LogP contribution is 2.55. The molecule has 0 aliphatic heterocycles. The molecule has 0 aromatic rings. The fourth-order valence-corrected chi connectivity index (χ4v) is 3.33. The van der Waals surface area contributed by atoms with E-state index in [0.717, 1.165) is 12.8 Å². The molecule has 0 unspecified atom stereocenters. The highest BCUT2D eigenvalue weighted by atomic mass is 16.5. The summed E-state index contributed by atoms with van der Waals surface area (Å²) in [5, 5.41) is 0. The maximum absolute atomic E-state index is 10.9. The molecule has 0 aromatic heterocycles. The molecule has 0 N–H and O–H groups in total. The van der Waals surface area contributed by atoms with Crippen LogP contribution in [-0.4, -0.2) is 12.6 Å². The average molecular weight is 264 g/mol. The van der Waals surface area contributed by atoms with E-state index in [1.165, 1.54) is 43.8 Å². The minimum Gasteiger partial charge on any atom is -0.466 e. The van der Waals surface area contributed by atoms with Crippen LogP contribution >= 0.6 is 0 Å². The lowest BCUT2D eigenvalue weighted by Crippen LogP contribution is -2.41. The highest BCUT2D eigenvalue weighted by Gasteiger charge is 2.45. The number of ether oxygens (including phenoxy) is 1. The van der Waals surface area contributed by atoms with Crippen molar-refractivity contribution in [2.24, 2.45) is 11.3 Å². The fourth-order valence-electron chi connectivity index (χ4n) is 3.33. The van der Waals surface area contributed by atoms with E-state index < -0.39 is 0 Å². The third kappa shape index (κ3) is 4.52. The molecule has 2 nitrogen and oxygen atoms in total. The van der Waals surface area contributed by atoms with Crippen LogP contribution in [-0.2, 0) is 9.53 Å². The van der Waals surface area contributed by atoms with Crippen LogP contribution in [0.25, 0.3) is 0 Å². The van der Waals surface area contributed by atoms with Crippen molar-refractivity contribution < 1.29 is 9.53 Å². The Kier molecular flexibility index (Phi) is 5.84. The maximum Gasteiger partial charge on any atom is 0.302 e. The number of rotatable bonds is 8. The minimum atomic E-state index is -0.178. The van der Waals surface area contributed by atoms with E-state index >= 15 is 0 Å². The second kappa shape index (κ2) is 6.93. The zero-order chi connectivity index (χ0) is 14.5. The summed E-state index contributed by atoms with van der Waals surface area (Å²) in [7, 11) is 0. The number of hydrogen-bond donors (Lipinski definition) is 0. The monoisotopic (exact) mass is 264 g/mol. The van der Waals surface area contributed by atoms with E-state index in [-0.39, 0.29) is 5.97 Å². The van der Waals surface area contributed by atoms with E-state index in [1.807, 2.05) is 0 Å². The van der Waals surface area contributed by atoms with E-state index in [1.54, 1.807) is 0 Å². The molecule has 19 heavy (non-hydrogen) atoms. The van der Waals surface area contributed by atoms with Gasteiger partial charge in [0.05, 0.1) is 6.61 Å². The average Bonchev–Trinajstić information content (AvgIpc) is 2.23. The van der Waals surface area contributed by atoms with Crippen LogP contribution in [0.4, 0.5) is 0 Å². The summed E-state index contributed by atoms with van der Waals surface area (Å²) in [5.41, 5.74) is 2.85. The van der Waals surface area contributed by atoms with E-state index in [4.69, 9.17) is 4.74 Å². The van der Waals surface area contributed by atoms with Crippen molar-refractivity contribution >= 4 is 5.97 Å². The van der Waals surface area contributed by atoms with Crippen LogP contribution < -0.4 is 0 Å². The summed E-state index contributed by atoms with van der Waals surface area (Å²) in [5.74, 6) is 0.427. The van der Waals surface area contributed by atoms with Crippen molar-refractivity contribution in [1.82, 2.24) is 0 Å². The molecular weight excluding hydrogens is 236 g/mol. The van der Waals surface area contributed by atoms with Crippen LogP contribution in [0.1, 0.15) is 59.3 Å². The summed E-state index contributed by atoms with van der Waals surface area (Å²) in [6.45, 7) is 14.3. The molecule has 0 radical (unpaired) electrons. The van der Waals surface area contributed by atoms with Gasteiger partial charge in [-0.15, -0.1) is 6.58 Å². The van der Waals surface area contributed by atoms with Gasteiger partial charge in [-0.05, 0) is 63.7 Å². The fraction of sp³-hybridized carbons (Fsp3) is 0.706. The summed E-state index contributed by atoms with van der Waals surface area (Å²) < 4.78 is 5.14. The number of esters is 1. The third-order valence-electron chi connectivity index (χ3n) is 4.45. The number of hydrogen-bond acceptors (Lipinski definition) is 2. The van der Waals surface area contributed by atoms with Crippen molar-refractivity contribution in [2.75, 3.05) is 6.61 Å². The highest BCUT2D eigenvalue weighted by molar-refractivity contribution is 5.65. The molecule has 0 aromatic carbocycles. The lowest BCUT2D eigenvalue weighted by molar-refractivity contribution is -0.142. The molecular formula is C17H28O2. The van der Waals surface area contributed by atoms with E-state index in [2.05, 4.69) is 27.0 Å². The standard InChI is InChI=1S/C17H28O2/c1-13(2)7-6-9-17(11-12-19-15(5)18)10-8-16(17)14(3)4/h16H,1,3,6-12H2,2,4-5H3/t16-,17-/m0/s1. The lowest BCUT2D eigenvalue weighted by atomic mass is 9.54. The molecule has 0 heterocycles. The molecule has 1 rings (SSSR count). The second-order valence-corrected chi connectivity index (χ2v) is 6.20. The minimum absolute atomic E-state index is 0.178. The van der Waals surface area contributed by atoms with E-state index in [9.17, 15) is 4.79 Å². The molecule has 0 amide bonds. The largest absolute Gasteiger partial charge is 0.466 e. The van der Waals surface area contributed by atoms with Gasteiger partial charge in [0.25, 0.3) is 0 Å². The van der Waals surface area contributed by atoms with Crippen molar-refractivity contribution in [2.45, 2.75) is 59.3 Å². The van der Waals surface area contributed by atoms with Gasteiger partial charge in [-0.3, -0.25) is 4.79 Å². The van der Waals surface area contributed by atoms with Crippen LogP contribution in [0, 0.1) is 11.3 Å². The van der Waals surface area contributed by atoms with Gasteiger partial charge in [0.2, 0.25) is 0 Å². The summed E-state index contributed by atoms with van der Waals surface area (Å²) >= 11 is 0. The molecule has 0 saturated heterocycles. The van der Waals surface area contributed by atoms with Crippen molar-refractivity contribution in [1.29, 1.82) is 0 Å². The number of carbonyl (C=O) groups is 1. The van der Waals surface area contributed by atoms with Gasteiger partial charge in [0, 0.05) is 6.92 Å². The molecule has 1 saturated carbocycles. The second-order valence-electron chi connectivity index (χ2n) is 6.20. The van der Waals surface area contributed by atoms with Gasteiger partial charge < -0.3 is 4.74 Å². The molecule has 1 aliphatic rings. The molecule has 2 heteroatoms. The predicted octanol–water partition coefficient (Wildman–Crippen LogP) is 4.66. The SMILES string of the molecule is C=C(C)CCC[C@@]1(CCOC(C)=O)CC[C@H]1C(=C)C. The first-order valence-corrected chi connectivity index (χ1v) is 7.30. The molecule has 1 fully saturated rings.